The van der Waals surface area contributed by atoms with Crippen molar-refractivity contribution in [2.45, 2.75) is 19.8 Å². The van der Waals surface area contributed by atoms with Crippen LogP contribution in [0.1, 0.15) is 18.9 Å². The molecule has 0 heterocycles. The number of hydrogen-bond donors (Lipinski definition) is 0. The zero-order chi connectivity index (χ0) is 10.6. The molecular formula is C11H13BrClF. The van der Waals surface area contributed by atoms with Gasteiger partial charge in [-0.1, -0.05) is 29.3 Å². The molecule has 0 radical (unpaired) electrons. The van der Waals surface area contributed by atoms with Crippen molar-refractivity contribution in [2.24, 2.45) is 5.92 Å². The first-order valence-corrected chi connectivity index (χ1v) is 6.00. The van der Waals surface area contributed by atoms with Crippen LogP contribution in [0.15, 0.2) is 22.7 Å². The summed E-state index contributed by atoms with van der Waals surface area (Å²) in [5.41, 5.74) is 0.742. The minimum atomic E-state index is -0.142. The van der Waals surface area contributed by atoms with E-state index in [9.17, 15) is 4.39 Å². The van der Waals surface area contributed by atoms with Gasteiger partial charge in [-0.05, 0) is 36.1 Å². The largest absolute Gasteiger partial charge is 0.207 e. The molecule has 1 aromatic carbocycles. The van der Waals surface area contributed by atoms with Crippen molar-refractivity contribution in [1.29, 1.82) is 0 Å². The fourth-order valence-corrected chi connectivity index (χ4v) is 2.05. The molecule has 1 rings (SSSR count). The summed E-state index contributed by atoms with van der Waals surface area (Å²) in [4.78, 5) is 0. The van der Waals surface area contributed by atoms with Crippen LogP contribution in [0.3, 0.4) is 0 Å². The molecule has 0 aliphatic rings. The summed E-state index contributed by atoms with van der Waals surface area (Å²) in [5.74, 6) is 0.805. The van der Waals surface area contributed by atoms with Gasteiger partial charge in [-0.15, -0.1) is 11.6 Å². The molecule has 14 heavy (non-hydrogen) atoms. The highest BCUT2D eigenvalue weighted by atomic mass is 79.9. The van der Waals surface area contributed by atoms with Crippen LogP contribution in [0.2, 0.25) is 0 Å². The molecule has 1 atom stereocenters. The van der Waals surface area contributed by atoms with Gasteiger partial charge in [0.2, 0.25) is 0 Å². The van der Waals surface area contributed by atoms with E-state index in [4.69, 9.17) is 11.6 Å². The smallest absolute Gasteiger partial charge is 0.126 e. The number of benzene rings is 1. The van der Waals surface area contributed by atoms with E-state index >= 15 is 0 Å². The Morgan fingerprint density at radius 2 is 2.21 bits per heavy atom. The molecule has 0 aromatic heterocycles. The summed E-state index contributed by atoms with van der Waals surface area (Å²) in [6.45, 7) is 2.07. The topological polar surface area (TPSA) is 0 Å². The Morgan fingerprint density at radius 1 is 1.50 bits per heavy atom. The first kappa shape index (κ1) is 12.0. The SMILES string of the molecule is CCC(CCl)Cc1cc(Br)ccc1F. The Balaban J connectivity index is 2.79. The summed E-state index contributed by atoms with van der Waals surface area (Å²) in [6, 6.07) is 5.02. The fourth-order valence-electron chi connectivity index (χ4n) is 1.32. The zero-order valence-electron chi connectivity index (χ0n) is 8.06. The standard InChI is InChI=1S/C11H13BrClF/c1-2-8(7-13)5-9-6-10(12)3-4-11(9)14/h3-4,6,8H,2,5,7H2,1H3. The molecular weight excluding hydrogens is 266 g/mol. The average Bonchev–Trinajstić information content (AvgIpc) is 2.19. The van der Waals surface area contributed by atoms with Crippen molar-refractivity contribution >= 4 is 27.5 Å². The van der Waals surface area contributed by atoms with Crippen LogP contribution in [0.25, 0.3) is 0 Å². The molecule has 0 spiro atoms. The average molecular weight is 280 g/mol. The lowest BCUT2D eigenvalue weighted by Gasteiger charge is -2.11. The lowest BCUT2D eigenvalue weighted by atomic mass is 9.98. The number of alkyl halides is 1. The summed E-state index contributed by atoms with van der Waals surface area (Å²) in [5, 5.41) is 0. The van der Waals surface area contributed by atoms with Crippen LogP contribution in [0.5, 0.6) is 0 Å². The summed E-state index contributed by atoms with van der Waals surface area (Å²) in [7, 11) is 0. The molecule has 0 aliphatic carbocycles. The summed E-state index contributed by atoms with van der Waals surface area (Å²) in [6.07, 6.45) is 1.70. The van der Waals surface area contributed by atoms with Gasteiger partial charge in [0, 0.05) is 10.4 Å². The van der Waals surface area contributed by atoms with E-state index in [0.29, 0.717) is 18.2 Å². The minimum absolute atomic E-state index is 0.142. The summed E-state index contributed by atoms with van der Waals surface area (Å²) >= 11 is 9.11. The minimum Gasteiger partial charge on any atom is -0.207 e. The van der Waals surface area contributed by atoms with Crippen LogP contribution >= 0.6 is 27.5 Å². The number of rotatable bonds is 4. The Bertz CT molecular complexity index is 297. The van der Waals surface area contributed by atoms with Crippen molar-refractivity contribution in [3.05, 3.63) is 34.1 Å². The third-order valence-corrected chi connectivity index (χ3v) is 3.24. The first-order valence-electron chi connectivity index (χ1n) is 4.67. The second kappa shape index (κ2) is 5.72. The van der Waals surface area contributed by atoms with Gasteiger partial charge < -0.3 is 0 Å². The monoisotopic (exact) mass is 278 g/mol. The Kier molecular flexibility index (Phi) is 4.90. The van der Waals surface area contributed by atoms with Crippen LogP contribution < -0.4 is 0 Å². The van der Waals surface area contributed by atoms with E-state index in [2.05, 4.69) is 22.9 Å². The molecule has 0 nitrogen and oxygen atoms in total. The second-order valence-corrected chi connectivity index (χ2v) is 4.59. The van der Waals surface area contributed by atoms with E-state index < -0.39 is 0 Å². The summed E-state index contributed by atoms with van der Waals surface area (Å²) < 4.78 is 14.3. The predicted molar refractivity (Wildman–Crippen MR) is 62.3 cm³/mol. The molecule has 0 N–H and O–H groups in total. The lowest BCUT2D eigenvalue weighted by Crippen LogP contribution is -2.06. The number of hydrogen-bond acceptors (Lipinski definition) is 0. The molecule has 1 aromatic rings. The maximum absolute atomic E-state index is 13.3. The predicted octanol–water partition coefficient (Wildman–Crippen LogP) is 4.40. The Morgan fingerprint density at radius 3 is 2.79 bits per heavy atom. The van der Waals surface area contributed by atoms with Gasteiger partial charge in [0.25, 0.3) is 0 Å². The lowest BCUT2D eigenvalue weighted by molar-refractivity contribution is 0.535. The fraction of sp³-hybridized carbons (Fsp3) is 0.455. The van der Waals surface area contributed by atoms with Crippen molar-refractivity contribution in [1.82, 2.24) is 0 Å². The van der Waals surface area contributed by atoms with Crippen molar-refractivity contribution < 1.29 is 4.39 Å². The van der Waals surface area contributed by atoms with E-state index in [1.165, 1.54) is 6.07 Å². The zero-order valence-corrected chi connectivity index (χ0v) is 10.4. The van der Waals surface area contributed by atoms with E-state index in [1.807, 2.05) is 6.07 Å². The maximum atomic E-state index is 13.3. The second-order valence-electron chi connectivity index (χ2n) is 3.37. The molecule has 0 amide bonds. The van der Waals surface area contributed by atoms with Crippen LogP contribution in [0.4, 0.5) is 4.39 Å². The molecule has 1 unspecified atom stereocenters. The highest BCUT2D eigenvalue weighted by Gasteiger charge is 2.09. The van der Waals surface area contributed by atoms with Crippen LogP contribution in [0, 0.1) is 11.7 Å². The van der Waals surface area contributed by atoms with Gasteiger partial charge in [-0.3, -0.25) is 0 Å². The third kappa shape index (κ3) is 3.25. The van der Waals surface area contributed by atoms with Crippen LogP contribution in [-0.2, 0) is 6.42 Å². The van der Waals surface area contributed by atoms with E-state index in [-0.39, 0.29) is 5.82 Å². The van der Waals surface area contributed by atoms with E-state index in [0.717, 1.165) is 16.5 Å². The molecule has 0 saturated heterocycles. The third-order valence-electron chi connectivity index (χ3n) is 2.31. The van der Waals surface area contributed by atoms with Crippen LogP contribution in [-0.4, -0.2) is 5.88 Å². The maximum Gasteiger partial charge on any atom is 0.126 e. The van der Waals surface area contributed by atoms with E-state index in [1.54, 1.807) is 6.07 Å². The van der Waals surface area contributed by atoms with Crippen molar-refractivity contribution in [3.8, 4) is 0 Å². The Hall–Kier alpha value is -0.0800. The Labute approximate surface area is 97.6 Å². The highest BCUT2D eigenvalue weighted by Crippen LogP contribution is 2.20. The molecule has 3 heteroatoms. The van der Waals surface area contributed by atoms with Gasteiger partial charge in [0.1, 0.15) is 5.82 Å². The molecule has 0 aliphatic heterocycles. The molecule has 0 bridgehead atoms. The van der Waals surface area contributed by atoms with Crippen molar-refractivity contribution in [2.75, 3.05) is 5.88 Å². The van der Waals surface area contributed by atoms with Gasteiger partial charge in [-0.25, -0.2) is 4.39 Å². The van der Waals surface area contributed by atoms with Gasteiger partial charge >= 0.3 is 0 Å². The quantitative estimate of drug-likeness (QED) is 0.717. The normalized spacial score (nSPS) is 12.9. The van der Waals surface area contributed by atoms with Crippen molar-refractivity contribution in [3.63, 3.8) is 0 Å². The highest BCUT2D eigenvalue weighted by molar-refractivity contribution is 9.10. The number of halogens is 3. The molecule has 0 saturated carbocycles. The first-order chi connectivity index (χ1) is 6.67. The van der Waals surface area contributed by atoms with Gasteiger partial charge in [-0.2, -0.15) is 0 Å². The molecule has 0 fully saturated rings. The van der Waals surface area contributed by atoms with Gasteiger partial charge in [0.15, 0.2) is 0 Å². The van der Waals surface area contributed by atoms with Gasteiger partial charge in [0.05, 0.1) is 0 Å². The molecule has 78 valence electrons.